The van der Waals surface area contributed by atoms with Gasteiger partial charge in [0.1, 0.15) is 5.75 Å². The molecule has 4 nitrogen and oxygen atoms in total. The van der Waals surface area contributed by atoms with Crippen molar-refractivity contribution in [2.24, 2.45) is 0 Å². The number of aliphatic hydroxyl groups is 1. The van der Waals surface area contributed by atoms with Crippen molar-refractivity contribution in [1.82, 2.24) is 4.90 Å². The average molecular weight is 253 g/mol. The molecule has 102 valence electrons. The first-order valence-electron chi connectivity index (χ1n) is 6.37. The van der Waals surface area contributed by atoms with Gasteiger partial charge in [-0.25, -0.2) is 0 Å². The van der Waals surface area contributed by atoms with Crippen LogP contribution in [0.25, 0.3) is 0 Å². The second-order valence-corrected chi connectivity index (χ2v) is 4.07. The number of hydrogen-bond donors (Lipinski definition) is 1. The van der Waals surface area contributed by atoms with E-state index in [1.54, 1.807) is 7.11 Å². The van der Waals surface area contributed by atoms with E-state index in [1.165, 1.54) is 0 Å². The maximum absolute atomic E-state index is 8.96. The molecule has 1 aromatic rings. The summed E-state index contributed by atoms with van der Waals surface area (Å²) < 4.78 is 10.7. The molecule has 0 radical (unpaired) electrons. The molecule has 0 saturated heterocycles. The van der Waals surface area contributed by atoms with Crippen LogP contribution in [0.4, 0.5) is 0 Å². The van der Waals surface area contributed by atoms with Gasteiger partial charge in [-0.1, -0.05) is 18.2 Å². The molecular weight excluding hydrogens is 230 g/mol. The molecule has 1 aromatic carbocycles. The zero-order chi connectivity index (χ0) is 13.1. The first-order valence-corrected chi connectivity index (χ1v) is 6.37. The van der Waals surface area contributed by atoms with E-state index in [1.807, 2.05) is 30.3 Å². The largest absolute Gasteiger partial charge is 0.494 e. The van der Waals surface area contributed by atoms with Crippen LogP contribution in [0, 0.1) is 0 Å². The van der Waals surface area contributed by atoms with Gasteiger partial charge in [-0.3, -0.25) is 4.90 Å². The fraction of sp³-hybridized carbons (Fsp3) is 0.571. The molecule has 0 aliphatic heterocycles. The van der Waals surface area contributed by atoms with E-state index in [0.29, 0.717) is 19.8 Å². The van der Waals surface area contributed by atoms with Crippen molar-refractivity contribution in [3.63, 3.8) is 0 Å². The first kappa shape index (κ1) is 15.0. The standard InChI is InChI=1S/C14H23NO3/c1-17-13-10-15(9-11-16)8-5-12-18-14-6-3-2-4-7-14/h2-4,6-7,16H,5,8-13H2,1H3. The first-order chi connectivity index (χ1) is 8.86. The van der Waals surface area contributed by atoms with E-state index in [0.717, 1.165) is 25.3 Å². The highest BCUT2D eigenvalue weighted by Gasteiger charge is 2.03. The lowest BCUT2D eigenvalue weighted by atomic mass is 10.3. The maximum Gasteiger partial charge on any atom is 0.119 e. The molecule has 1 rings (SSSR count). The SMILES string of the molecule is COCCN(CCO)CCCOc1ccccc1. The van der Waals surface area contributed by atoms with Gasteiger partial charge in [0.2, 0.25) is 0 Å². The maximum atomic E-state index is 8.96. The minimum Gasteiger partial charge on any atom is -0.494 e. The van der Waals surface area contributed by atoms with Gasteiger partial charge in [0.15, 0.2) is 0 Å². The molecule has 0 amide bonds. The van der Waals surface area contributed by atoms with E-state index in [9.17, 15) is 0 Å². The molecule has 0 heterocycles. The van der Waals surface area contributed by atoms with Crippen LogP contribution >= 0.6 is 0 Å². The second kappa shape index (κ2) is 9.88. The lowest BCUT2D eigenvalue weighted by Crippen LogP contribution is -2.32. The molecule has 0 spiro atoms. The van der Waals surface area contributed by atoms with Gasteiger partial charge in [-0.05, 0) is 18.6 Å². The molecule has 0 fully saturated rings. The average Bonchev–Trinajstić information content (AvgIpc) is 2.42. The topological polar surface area (TPSA) is 41.9 Å². The smallest absolute Gasteiger partial charge is 0.119 e. The third-order valence-electron chi connectivity index (χ3n) is 2.66. The molecule has 0 unspecified atom stereocenters. The Morgan fingerprint density at radius 2 is 1.83 bits per heavy atom. The molecular formula is C14H23NO3. The van der Waals surface area contributed by atoms with Gasteiger partial charge >= 0.3 is 0 Å². The fourth-order valence-corrected chi connectivity index (χ4v) is 1.69. The van der Waals surface area contributed by atoms with E-state index in [2.05, 4.69) is 4.90 Å². The van der Waals surface area contributed by atoms with Crippen LogP contribution in [0.5, 0.6) is 5.75 Å². The lowest BCUT2D eigenvalue weighted by molar-refractivity contribution is 0.126. The van der Waals surface area contributed by atoms with Crippen LogP contribution in [0.15, 0.2) is 30.3 Å². The summed E-state index contributed by atoms with van der Waals surface area (Å²) >= 11 is 0. The van der Waals surface area contributed by atoms with E-state index < -0.39 is 0 Å². The zero-order valence-corrected chi connectivity index (χ0v) is 11.0. The summed E-state index contributed by atoms with van der Waals surface area (Å²) in [6.07, 6.45) is 0.943. The van der Waals surface area contributed by atoms with Crippen molar-refractivity contribution in [2.75, 3.05) is 46.6 Å². The van der Waals surface area contributed by atoms with Gasteiger partial charge in [0.25, 0.3) is 0 Å². The minimum atomic E-state index is 0.184. The van der Waals surface area contributed by atoms with Gasteiger partial charge in [0.05, 0.1) is 19.8 Å². The van der Waals surface area contributed by atoms with E-state index in [-0.39, 0.29) is 6.61 Å². The Bertz CT molecular complexity index is 292. The quantitative estimate of drug-likeness (QED) is 0.640. The zero-order valence-electron chi connectivity index (χ0n) is 11.0. The molecule has 0 aromatic heterocycles. The summed E-state index contributed by atoms with van der Waals surface area (Å²) in [4.78, 5) is 2.18. The molecule has 0 aliphatic carbocycles. The number of hydrogen-bond acceptors (Lipinski definition) is 4. The Kier molecular flexibility index (Phi) is 8.21. The molecule has 4 heteroatoms. The normalized spacial score (nSPS) is 10.8. The van der Waals surface area contributed by atoms with Crippen molar-refractivity contribution in [2.45, 2.75) is 6.42 Å². The van der Waals surface area contributed by atoms with Crippen LogP contribution < -0.4 is 4.74 Å². The highest BCUT2D eigenvalue weighted by Crippen LogP contribution is 2.08. The van der Waals surface area contributed by atoms with Crippen molar-refractivity contribution < 1.29 is 14.6 Å². The number of ether oxygens (including phenoxy) is 2. The van der Waals surface area contributed by atoms with Crippen LogP contribution in [0.2, 0.25) is 0 Å². The highest BCUT2D eigenvalue weighted by molar-refractivity contribution is 5.20. The monoisotopic (exact) mass is 253 g/mol. The predicted octanol–water partition coefficient (Wildman–Crippen LogP) is 1.40. The molecule has 0 atom stereocenters. The number of nitrogens with zero attached hydrogens (tertiary/aromatic N) is 1. The van der Waals surface area contributed by atoms with Crippen LogP contribution in [0.1, 0.15) is 6.42 Å². The third kappa shape index (κ3) is 6.59. The summed E-state index contributed by atoms with van der Waals surface area (Å²) in [5.74, 6) is 0.906. The predicted molar refractivity (Wildman–Crippen MR) is 72.0 cm³/mol. The van der Waals surface area contributed by atoms with Crippen molar-refractivity contribution in [3.05, 3.63) is 30.3 Å². The van der Waals surface area contributed by atoms with Crippen molar-refractivity contribution >= 4 is 0 Å². The number of methoxy groups -OCH3 is 1. The van der Waals surface area contributed by atoms with Crippen LogP contribution in [-0.4, -0.2) is 56.6 Å². The number of para-hydroxylation sites is 1. The Morgan fingerprint density at radius 3 is 2.50 bits per heavy atom. The van der Waals surface area contributed by atoms with Gasteiger partial charge in [-0.15, -0.1) is 0 Å². The third-order valence-corrected chi connectivity index (χ3v) is 2.66. The number of rotatable bonds is 10. The molecule has 18 heavy (non-hydrogen) atoms. The number of aliphatic hydroxyl groups excluding tert-OH is 1. The fourth-order valence-electron chi connectivity index (χ4n) is 1.69. The molecule has 0 bridgehead atoms. The second-order valence-electron chi connectivity index (χ2n) is 4.07. The Labute approximate surface area is 109 Å². The van der Waals surface area contributed by atoms with E-state index in [4.69, 9.17) is 14.6 Å². The Hall–Kier alpha value is -1.10. The van der Waals surface area contributed by atoms with Crippen LogP contribution in [0.3, 0.4) is 0 Å². The molecule has 1 N–H and O–H groups in total. The lowest BCUT2D eigenvalue weighted by Gasteiger charge is -2.20. The summed E-state index contributed by atoms with van der Waals surface area (Å²) in [5.41, 5.74) is 0. The van der Waals surface area contributed by atoms with Crippen LogP contribution in [-0.2, 0) is 4.74 Å². The highest BCUT2D eigenvalue weighted by atomic mass is 16.5. The van der Waals surface area contributed by atoms with Gasteiger partial charge in [-0.2, -0.15) is 0 Å². The van der Waals surface area contributed by atoms with Crippen molar-refractivity contribution in [3.8, 4) is 5.75 Å². The van der Waals surface area contributed by atoms with Gasteiger partial charge in [0, 0.05) is 26.7 Å². The summed E-state index contributed by atoms with van der Waals surface area (Å²) in [5, 5.41) is 8.96. The van der Waals surface area contributed by atoms with E-state index >= 15 is 0 Å². The number of benzene rings is 1. The van der Waals surface area contributed by atoms with Crippen molar-refractivity contribution in [1.29, 1.82) is 0 Å². The summed E-state index contributed by atoms with van der Waals surface area (Å²) in [6.45, 7) is 4.02. The Balaban J connectivity index is 2.14. The molecule has 0 aliphatic rings. The summed E-state index contributed by atoms with van der Waals surface area (Å²) in [7, 11) is 1.69. The molecule has 0 saturated carbocycles. The van der Waals surface area contributed by atoms with Gasteiger partial charge < -0.3 is 14.6 Å². The minimum absolute atomic E-state index is 0.184. The summed E-state index contributed by atoms with van der Waals surface area (Å²) in [6, 6.07) is 9.81. The Morgan fingerprint density at radius 1 is 1.06 bits per heavy atom.